The molecule has 0 saturated heterocycles. The van der Waals surface area contributed by atoms with E-state index in [9.17, 15) is 9.90 Å². The Hall–Kier alpha value is -1.55. The van der Waals surface area contributed by atoms with Crippen molar-refractivity contribution in [1.29, 1.82) is 0 Å². The Bertz CT molecular complexity index is 363. The first-order valence-corrected chi connectivity index (χ1v) is 5.85. The number of amides is 1. The van der Waals surface area contributed by atoms with Gasteiger partial charge in [0.25, 0.3) is 0 Å². The molecule has 1 aromatic rings. The van der Waals surface area contributed by atoms with Gasteiger partial charge >= 0.3 is 6.09 Å². The zero-order chi connectivity index (χ0) is 12.7. The first-order valence-electron chi connectivity index (χ1n) is 5.85. The molecule has 0 heterocycles. The molecule has 2 N–H and O–H groups in total. The average molecular weight is 237 g/mol. The molecule has 4 heteroatoms. The Kier molecular flexibility index (Phi) is 5.49. The fourth-order valence-electron chi connectivity index (χ4n) is 1.34. The van der Waals surface area contributed by atoms with Crippen LogP contribution in [-0.2, 0) is 4.74 Å². The van der Waals surface area contributed by atoms with Crippen molar-refractivity contribution in [2.24, 2.45) is 0 Å². The number of unbranched alkanes of at least 4 members (excludes halogenated alkanes) is 1. The number of ether oxygens (including phenoxy) is 1. The Balaban J connectivity index is 2.50. The summed E-state index contributed by atoms with van der Waals surface area (Å²) >= 11 is 0. The Morgan fingerprint density at radius 3 is 2.94 bits per heavy atom. The van der Waals surface area contributed by atoms with Gasteiger partial charge in [0, 0.05) is 5.69 Å². The lowest BCUT2D eigenvalue weighted by Gasteiger charge is -2.09. The van der Waals surface area contributed by atoms with E-state index in [1.54, 1.807) is 31.2 Å². The molecule has 1 aromatic carbocycles. The SMILES string of the molecule is CCCCOC(=O)Nc1cccc(C(C)O)c1. The van der Waals surface area contributed by atoms with Crippen LogP contribution in [0.1, 0.15) is 38.4 Å². The quantitative estimate of drug-likeness (QED) is 0.774. The number of hydrogen-bond donors (Lipinski definition) is 2. The molecule has 17 heavy (non-hydrogen) atoms. The summed E-state index contributed by atoms with van der Waals surface area (Å²) in [7, 11) is 0. The number of carbonyl (C=O) groups excluding carboxylic acids is 1. The highest BCUT2D eigenvalue weighted by molar-refractivity contribution is 5.84. The van der Waals surface area contributed by atoms with Gasteiger partial charge in [0.15, 0.2) is 0 Å². The molecule has 0 spiro atoms. The number of anilines is 1. The summed E-state index contributed by atoms with van der Waals surface area (Å²) in [5.41, 5.74) is 1.39. The number of rotatable bonds is 5. The molecule has 0 aliphatic heterocycles. The van der Waals surface area contributed by atoms with Gasteiger partial charge in [-0.15, -0.1) is 0 Å². The first-order chi connectivity index (χ1) is 8.13. The lowest BCUT2D eigenvalue weighted by molar-refractivity contribution is 0.160. The van der Waals surface area contributed by atoms with E-state index in [0.717, 1.165) is 18.4 Å². The smallest absolute Gasteiger partial charge is 0.411 e. The van der Waals surface area contributed by atoms with Crippen LogP contribution >= 0.6 is 0 Å². The van der Waals surface area contributed by atoms with E-state index in [4.69, 9.17) is 4.74 Å². The minimum Gasteiger partial charge on any atom is -0.449 e. The van der Waals surface area contributed by atoms with E-state index >= 15 is 0 Å². The molecule has 1 rings (SSSR count). The van der Waals surface area contributed by atoms with Crippen LogP contribution in [0.5, 0.6) is 0 Å². The minimum absolute atomic E-state index is 0.429. The van der Waals surface area contributed by atoms with Crippen LogP contribution in [0, 0.1) is 0 Å². The summed E-state index contributed by atoms with van der Waals surface area (Å²) in [5, 5.41) is 12.0. The third-order valence-corrected chi connectivity index (χ3v) is 2.35. The third kappa shape index (κ3) is 4.87. The molecule has 4 nitrogen and oxygen atoms in total. The molecule has 1 unspecified atom stereocenters. The molecule has 1 amide bonds. The predicted octanol–water partition coefficient (Wildman–Crippen LogP) is 3.09. The van der Waals surface area contributed by atoms with Crippen molar-refractivity contribution in [2.45, 2.75) is 32.8 Å². The van der Waals surface area contributed by atoms with E-state index in [-0.39, 0.29) is 0 Å². The van der Waals surface area contributed by atoms with Gasteiger partial charge in [-0.05, 0) is 31.0 Å². The summed E-state index contributed by atoms with van der Waals surface area (Å²) < 4.78 is 4.97. The van der Waals surface area contributed by atoms with Crippen LogP contribution < -0.4 is 5.32 Å². The van der Waals surface area contributed by atoms with E-state index in [2.05, 4.69) is 5.32 Å². The maximum Gasteiger partial charge on any atom is 0.411 e. The molecule has 0 saturated carbocycles. The van der Waals surface area contributed by atoms with E-state index in [0.29, 0.717) is 12.3 Å². The van der Waals surface area contributed by atoms with E-state index < -0.39 is 12.2 Å². The first kappa shape index (κ1) is 13.5. The van der Waals surface area contributed by atoms with Crippen molar-refractivity contribution in [3.05, 3.63) is 29.8 Å². The fourth-order valence-corrected chi connectivity index (χ4v) is 1.34. The summed E-state index contributed by atoms with van der Waals surface area (Å²) in [6, 6.07) is 7.07. The highest BCUT2D eigenvalue weighted by Gasteiger charge is 2.05. The highest BCUT2D eigenvalue weighted by Crippen LogP contribution is 2.17. The molecule has 94 valence electrons. The van der Waals surface area contributed by atoms with Crippen molar-refractivity contribution < 1.29 is 14.6 Å². The second kappa shape index (κ2) is 6.91. The largest absolute Gasteiger partial charge is 0.449 e. The third-order valence-electron chi connectivity index (χ3n) is 2.35. The predicted molar refractivity (Wildman–Crippen MR) is 67.0 cm³/mol. The molecule has 0 aliphatic carbocycles. The summed E-state index contributed by atoms with van der Waals surface area (Å²) in [6.45, 7) is 4.14. The topological polar surface area (TPSA) is 58.6 Å². The van der Waals surface area contributed by atoms with Crippen LogP contribution in [-0.4, -0.2) is 17.8 Å². The number of aliphatic hydroxyl groups is 1. The van der Waals surface area contributed by atoms with Crippen LogP contribution in [0.3, 0.4) is 0 Å². The van der Waals surface area contributed by atoms with Crippen molar-refractivity contribution in [3.8, 4) is 0 Å². The number of nitrogens with one attached hydrogen (secondary N) is 1. The maximum atomic E-state index is 11.4. The normalized spacial score (nSPS) is 11.9. The van der Waals surface area contributed by atoms with Crippen LogP contribution in [0.2, 0.25) is 0 Å². The van der Waals surface area contributed by atoms with Gasteiger partial charge in [-0.3, -0.25) is 5.32 Å². The Labute approximate surface area is 102 Å². The lowest BCUT2D eigenvalue weighted by atomic mass is 10.1. The molecular weight excluding hydrogens is 218 g/mol. The molecule has 0 bridgehead atoms. The fraction of sp³-hybridized carbons (Fsp3) is 0.462. The number of hydrogen-bond acceptors (Lipinski definition) is 3. The standard InChI is InChI=1S/C13H19NO3/c1-3-4-8-17-13(16)14-12-7-5-6-11(9-12)10(2)15/h5-7,9-10,15H,3-4,8H2,1-2H3,(H,14,16). The average Bonchev–Trinajstić information content (AvgIpc) is 2.29. The molecule has 1 atom stereocenters. The number of benzene rings is 1. The zero-order valence-electron chi connectivity index (χ0n) is 10.3. The van der Waals surface area contributed by atoms with Crippen LogP contribution in [0.15, 0.2) is 24.3 Å². The Morgan fingerprint density at radius 1 is 1.53 bits per heavy atom. The Morgan fingerprint density at radius 2 is 2.29 bits per heavy atom. The maximum absolute atomic E-state index is 11.4. The molecule has 0 aliphatic rings. The van der Waals surface area contributed by atoms with Gasteiger partial charge in [-0.1, -0.05) is 25.5 Å². The summed E-state index contributed by atoms with van der Waals surface area (Å²) in [6.07, 6.45) is 0.848. The van der Waals surface area contributed by atoms with Gasteiger partial charge in [0.05, 0.1) is 12.7 Å². The van der Waals surface area contributed by atoms with Crippen LogP contribution in [0.4, 0.5) is 10.5 Å². The monoisotopic (exact) mass is 237 g/mol. The summed E-state index contributed by atoms with van der Waals surface area (Å²) in [5.74, 6) is 0. The van der Waals surface area contributed by atoms with Gasteiger partial charge in [-0.25, -0.2) is 4.79 Å². The second-order valence-electron chi connectivity index (χ2n) is 3.92. The molecule has 0 radical (unpaired) electrons. The van der Waals surface area contributed by atoms with Gasteiger partial charge < -0.3 is 9.84 Å². The molecule has 0 fully saturated rings. The van der Waals surface area contributed by atoms with Crippen molar-refractivity contribution in [1.82, 2.24) is 0 Å². The van der Waals surface area contributed by atoms with Crippen molar-refractivity contribution >= 4 is 11.8 Å². The zero-order valence-corrected chi connectivity index (χ0v) is 10.3. The minimum atomic E-state index is -0.548. The van der Waals surface area contributed by atoms with E-state index in [1.165, 1.54) is 0 Å². The van der Waals surface area contributed by atoms with Gasteiger partial charge in [-0.2, -0.15) is 0 Å². The second-order valence-corrected chi connectivity index (χ2v) is 3.92. The molecular formula is C13H19NO3. The van der Waals surface area contributed by atoms with Crippen LogP contribution in [0.25, 0.3) is 0 Å². The summed E-state index contributed by atoms with van der Waals surface area (Å²) in [4.78, 5) is 11.4. The number of aliphatic hydroxyl groups excluding tert-OH is 1. The number of carbonyl (C=O) groups is 1. The van der Waals surface area contributed by atoms with E-state index in [1.807, 2.05) is 6.92 Å². The lowest BCUT2D eigenvalue weighted by Crippen LogP contribution is -2.14. The highest BCUT2D eigenvalue weighted by atomic mass is 16.5. The molecule has 0 aromatic heterocycles. The van der Waals surface area contributed by atoms with Gasteiger partial charge in [0.2, 0.25) is 0 Å². The van der Waals surface area contributed by atoms with Crippen molar-refractivity contribution in [2.75, 3.05) is 11.9 Å². The van der Waals surface area contributed by atoms with Crippen molar-refractivity contribution in [3.63, 3.8) is 0 Å². The van der Waals surface area contributed by atoms with Gasteiger partial charge in [0.1, 0.15) is 0 Å².